The molecule has 1 heterocycles. The molecule has 2 rings (SSSR count). The zero-order valence-corrected chi connectivity index (χ0v) is 11.5. The number of likely N-dealkylation sites (tertiary alicyclic amines) is 1. The zero-order valence-electron chi connectivity index (χ0n) is 10.8. The molecule has 2 atom stereocenters. The van der Waals surface area contributed by atoms with Gasteiger partial charge in [-0.25, -0.2) is 0 Å². The third-order valence-corrected chi connectivity index (χ3v) is 4.07. The van der Waals surface area contributed by atoms with Gasteiger partial charge in [0.15, 0.2) is 0 Å². The first-order valence-corrected chi connectivity index (χ1v) is 6.89. The van der Waals surface area contributed by atoms with E-state index in [9.17, 15) is 5.11 Å². The van der Waals surface area contributed by atoms with Gasteiger partial charge < -0.3 is 10.8 Å². The molecule has 1 aliphatic heterocycles. The van der Waals surface area contributed by atoms with Crippen LogP contribution in [0.1, 0.15) is 25.3 Å². The lowest BCUT2D eigenvalue weighted by Gasteiger charge is -2.38. The second-order valence-corrected chi connectivity index (χ2v) is 5.68. The van der Waals surface area contributed by atoms with Crippen LogP contribution in [-0.4, -0.2) is 29.1 Å². The smallest absolute Gasteiger partial charge is 0.134 e. The molecule has 3 N–H and O–H groups in total. The van der Waals surface area contributed by atoms with Gasteiger partial charge in [0.05, 0.1) is 5.02 Å². The first-order valence-electron chi connectivity index (χ1n) is 6.51. The summed E-state index contributed by atoms with van der Waals surface area (Å²) >= 11 is 5.93. The molecule has 0 bridgehead atoms. The fraction of sp³-hybridized carbons (Fsp3) is 0.571. The molecule has 0 saturated carbocycles. The standard InChI is InChI=1S/C14H21ClN2O/c1-10-4-5-17(12(6-10)8-16)9-11-2-3-14(18)13(15)7-11/h2-3,7,10,12,18H,4-6,8-9,16H2,1H3. The Morgan fingerprint density at radius 1 is 1.50 bits per heavy atom. The lowest BCUT2D eigenvalue weighted by atomic mass is 9.92. The van der Waals surface area contributed by atoms with Crippen LogP contribution in [0.4, 0.5) is 0 Å². The van der Waals surface area contributed by atoms with E-state index in [2.05, 4.69) is 11.8 Å². The average Bonchev–Trinajstić information content (AvgIpc) is 2.36. The van der Waals surface area contributed by atoms with Gasteiger partial charge in [-0.05, 0) is 43.0 Å². The summed E-state index contributed by atoms with van der Waals surface area (Å²) < 4.78 is 0. The molecule has 1 fully saturated rings. The molecule has 1 aliphatic rings. The Kier molecular flexibility index (Phi) is 4.49. The lowest BCUT2D eigenvalue weighted by molar-refractivity contribution is 0.115. The van der Waals surface area contributed by atoms with Gasteiger partial charge in [0.2, 0.25) is 0 Å². The minimum absolute atomic E-state index is 0.142. The fourth-order valence-corrected chi connectivity index (χ4v) is 2.84. The molecular weight excluding hydrogens is 248 g/mol. The topological polar surface area (TPSA) is 49.5 Å². The maximum atomic E-state index is 9.42. The summed E-state index contributed by atoms with van der Waals surface area (Å²) in [5, 5.41) is 9.84. The largest absolute Gasteiger partial charge is 0.506 e. The molecule has 18 heavy (non-hydrogen) atoms. The number of hydrogen-bond acceptors (Lipinski definition) is 3. The Morgan fingerprint density at radius 3 is 2.94 bits per heavy atom. The van der Waals surface area contributed by atoms with Crippen molar-refractivity contribution >= 4 is 11.6 Å². The van der Waals surface area contributed by atoms with Crippen LogP contribution in [0.2, 0.25) is 5.02 Å². The Balaban J connectivity index is 2.05. The third kappa shape index (κ3) is 3.16. The highest BCUT2D eigenvalue weighted by Gasteiger charge is 2.25. The third-order valence-electron chi connectivity index (χ3n) is 3.77. The number of hydrogen-bond donors (Lipinski definition) is 2. The summed E-state index contributed by atoms with van der Waals surface area (Å²) in [6.07, 6.45) is 2.39. The summed E-state index contributed by atoms with van der Waals surface area (Å²) in [6, 6.07) is 5.87. The van der Waals surface area contributed by atoms with Gasteiger partial charge in [0.25, 0.3) is 0 Å². The van der Waals surface area contributed by atoms with Crippen molar-refractivity contribution in [2.75, 3.05) is 13.1 Å². The Bertz CT molecular complexity index is 411. The fourth-order valence-electron chi connectivity index (χ4n) is 2.64. The van der Waals surface area contributed by atoms with E-state index in [1.165, 1.54) is 12.8 Å². The van der Waals surface area contributed by atoms with Crippen molar-refractivity contribution < 1.29 is 5.11 Å². The van der Waals surface area contributed by atoms with Gasteiger partial charge in [0.1, 0.15) is 5.75 Å². The van der Waals surface area contributed by atoms with Crippen LogP contribution >= 0.6 is 11.6 Å². The van der Waals surface area contributed by atoms with Gasteiger partial charge in [-0.1, -0.05) is 24.6 Å². The molecule has 0 spiro atoms. The second kappa shape index (κ2) is 5.91. The van der Waals surface area contributed by atoms with Crippen LogP contribution < -0.4 is 5.73 Å². The van der Waals surface area contributed by atoms with E-state index in [-0.39, 0.29) is 5.75 Å². The van der Waals surface area contributed by atoms with E-state index in [1.807, 2.05) is 12.1 Å². The summed E-state index contributed by atoms with van der Waals surface area (Å²) in [6.45, 7) is 4.93. The van der Waals surface area contributed by atoms with E-state index in [4.69, 9.17) is 17.3 Å². The van der Waals surface area contributed by atoms with Crippen LogP contribution in [0.3, 0.4) is 0 Å². The summed E-state index contributed by atoms with van der Waals surface area (Å²) in [5.41, 5.74) is 6.99. The molecule has 0 amide bonds. The average molecular weight is 269 g/mol. The highest BCUT2D eigenvalue weighted by Crippen LogP contribution is 2.27. The molecule has 3 nitrogen and oxygen atoms in total. The van der Waals surface area contributed by atoms with Crippen LogP contribution in [-0.2, 0) is 6.54 Å². The Morgan fingerprint density at radius 2 is 2.28 bits per heavy atom. The van der Waals surface area contributed by atoms with Crippen LogP contribution in [0, 0.1) is 5.92 Å². The maximum absolute atomic E-state index is 9.42. The van der Waals surface area contributed by atoms with E-state index in [0.717, 1.165) is 24.6 Å². The molecular formula is C14H21ClN2O. The molecule has 1 aromatic carbocycles. The monoisotopic (exact) mass is 268 g/mol. The Hall–Kier alpha value is -0.770. The molecule has 2 unspecified atom stereocenters. The molecule has 4 heteroatoms. The van der Waals surface area contributed by atoms with Crippen molar-refractivity contribution in [2.24, 2.45) is 11.7 Å². The molecule has 0 radical (unpaired) electrons. The molecule has 0 aliphatic carbocycles. The predicted molar refractivity (Wildman–Crippen MR) is 74.8 cm³/mol. The summed E-state index contributed by atoms with van der Waals surface area (Å²) in [4.78, 5) is 2.42. The number of nitrogens with two attached hydrogens (primary N) is 1. The van der Waals surface area contributed by atoms with Gasteiger partial charge in [0, 0.05) is 19.1 Å². The number of phenols is 1. The quantitative estimate of drug-likeness (QED) is 0.886. The minimum Gasteiger partial charge on any atom is -0.506 e. The Labute approximate surface area is 114 Å². The first kappa shape index (κ1) is 13.7. The number of aromatic hydroxyl groups is 1. The summed E-state index contributed by atoms with van der Waals surface area (Å²) in [7, 11) is 0. The van der Waals surface area contributed by atoms with Gasteiger partial charge >= 0.3 is 0 Å². The van der Waals surface area contributed by atoms with Crippen molar-refractivity contribution in [2.45, 2.75) is 32.4 Å². The number of benzene rings is 1. The molecule has 1 saturated heterocycles. The number of rotatable bonds is 3. The highest BCUT2D eigenvalue weighted by molar-refractivity contribution is 6.32. The van der Waals surface area contributed by atoms with Crippen LogP contribution in [0.25, 0.3) is 0 Å². The van der Waals surface area contributed by atoms with Crippen molar-refractivity contribution in [1.29, 1.82) is 0 Å². The number of nitrogens with zero attached hydrogens (tertiary/aromatic N) is 1. The first-order chi connectivity index (χ1) is 8.60. The van der Waals surface area contributed by atoms with Gasteiger partial charge in [-0.2, -0.15) is 0 Å². The van der Waals surface area contributed by atoms with Crippen molar-refractivity contribution in [1.82, 2.24) is 4.90 Å². The van der Waals surface area contributed by atoms with E-state index >= 15 is 0 Å². The minimum atomic E-state index is 0.142. The lowest BCUT2D eigenvalue weighted by Crippen LogP contribution is -2.45. The summed E-state index contributed by atoms with van der Waals surface area (Å²) in [5.74, 6) is 0.904. The van der Waals surface area contributed by atoms with Gasteiger partial charge in [-0.3, -0.25) is 4.90 Å². The van der Waals surface area contributed by atoms with Gasteiger partial charge in [-0.15, -0.1) is 0 Å². The SMILES string of the molecule is CC1CCN(Cc2ccc(O)c(Cl)c2)C(CN)C1. The van der Waals surface area contributed by atoms with Crippen molar-refractivity contribution in [3.05, 3.63) is 28.8 Å². The second-order valence-electron chi connectivity index (χ2n) is 5.28. The van der Waals surface area contributed by atoms with Crippen molar-refractivity contribution in [3.8, 4) is 5.75 Å². The molecule has 0 aromatic heterocycles. The van der Waals surface area contributed by atoms with E-state index in [1.54, 1.807) is 6.07 Å². The maximum Gasteiger partial charge on any atom is 0.134 e. The highest BCUT2D eigenvalue weighted by atomic mass is 35.5. The predicted octanol–water partition coefficient (Wildman–Crippen LogP) is 2.60. The van der Waals surface area contributed by atoms with Crippen LogP contribution in [0.5, 0.6) is 5.75 Å². The normalized spacial score (nSPS) is 25.3. The van der Waals surface area contributed by atoms with E-state index in [0.29, 0.717) is 17.6 Å². The number of phenolic OH excluding ortho intramolecular Hbond substituents is 1. The van der Waals surface area contributed by atoms with Crippen molar-refractivity contribution in [3.63, 3.8) is 0 Å². The van der Waals surface area contributed by atoms with E-state index < -0.39 is 0 Å². The van der Waals surface area contributed by atoms with Crippen LogP contribution in [0.15, 0.2) is 18.2 Å². The number of halogens is 1. The molecule has 100 valence electrons. The molecule has 1 aromatic rings. The number of piperidine rings is 1. The zero-order chi connectivity index (χ0) is 13.1.